The Hall–Kier alpha value is -7.16. The number of benzene rings is 10. The van der Waals surface area contributed by atoms with E-state index in [1.54, 1.807) is 0 Å². The topological polar surface area (TPSA) is 59.1 Å². The van der Waals surface area contributed by atoms with E-state index in [1.165, 1.54) is 38.4 Å². The summed E-state index contributed by atoms with van der Waals surface area (Å²) in [5, 5.41) is 4.86. The van der Waals surface area contributed by atoms with Crippen molar-refractivity contribution in [2.75, 3.05) is 23.0 Å². The van der Waals surface area contributed by atoms with Gasteiger partial charge < -0.3 is 18.8 Å². The van der Waals surface area contributed by atoms with Gasteiger partial charge in [-0.15, -0.1) is 0 Å². The molecule has 6 nitrogen and oxygen atoms in total. The van der Waals surface area contributed by atoms with Crippen LogP contribution in [0.25, 0.3) is 33.7 Å². The molecular formula is C65H59Br2N2O4P. The Morgan fingerprint density at radius 1 is 0.419 bits per heavy atom. The zero-order valence-electron chi connectivity index (χ0n) is 40.7. The Morgan fingerprint density at radius 3 is 1.19 bits per heavy atom. The summed E-state index contributed by atoms with van der Waals surface area (Å²) in [5.74, 6) is 0. The van der Waals surface area contributed by atoms with E-state index in [9.17, 15) is 9.36 Å². The van der Waals surface area contributed by atoms with Crippen molar-refractivity contribution >= 4 is 114 Å². The SMILES string of the molecule is Brc1ccc(/C=C/c2ccc(N(c3ccccc3)c3cccc4ccccc34)cc2)cc1.C.CCOP(=O)(Cc1ccc(Br)cc1)OCC.O=Cc1ccc(N(c2ccccc2)c2cccc3ccccc23)cc1. The first-order valence-corrected chi connectivity index (χ1v) is 27.4. The maximum Gasteiger partial charge on any atom is 0.335 e. The molecule has 0 aliphatic rings. The largest absolute Gasteiger partial charge is 0.335 e. The van der Waals surface area contributed by atoms with Crippen LogP contribution in [0.1, 0.15) is 48.3 Å². The fourth-order valence-corrected chi connectivity index (χ4v) is 10.6. The predicted octanol–water partition coefficient (Wildman–Crippen LogP) is 20.2. The summed E-state index contributed by atoms with van der Waals surface area (Å²) in [6.07, 6.45) is 5.48. The van der Waals surface area contributed by atoms with Crippen LogP contribution >= 0.6 is 39.5 Å². The van der Waals surface area contributed by atoms with Gasteiger partial charge in [0.15, 0.2) is 0 Å². The van der Waals surface area contributed by atoms with E-state index in [-0.39, 0.29) is 7.43 Å². The molecule has 0 heterocycles. The number of rotatable bonds is 15. The van der Waals surface area contributed by atoms with Crippen molar-refractivity contribution in [2.45, 2.75) is 27.4 Å². The van der Waals surface area contributed by atoms with Crippen LogP contribution in [0.2, 0.25) is 0 Å². The third kappa shape index (κ3) is 14.5. The lowest BCUT2D eigenvalue weighted by molar-refractivity contribution is 0.112. The zero-order valence-corrected chi connectivity index (χ0v) is 44.7. The molecule has 9 heteroatoms. The number of anilines is 6. The van der Waals surface area contributed by atoms with Gasteiger partial charge in [0, 0.05) is 48.0 Å². The van der Waals surface area contributed by atoms with E-state index >= 15 is 0 Å². The average Bonchev–Trinajstić information content (AvgIpc) is 3.43. The molecule has 0 unspecified atom stereocenters. The van der Waals surface area contributed by atoms with E-state index in [2.05, 4.69) is 230 Å². The molecule has 0 N–H and O–H groups in total. The van der Waals surface area contributed by atoms with Gasteiger partial charge in [-0.05, 0) is 138 Å². The maximum absolute atomic E-state index is 12.2. The van der Waals surface area contributed by atoms with Gasteiger partial charge in [-0.2, -0.15) is 0 Å². The highest BCUT2D eigenvalue weighted by Crippen LogP contribution is 2.51. The van der Waals surface area contributed by atoms with E-state index in [0.29, 0.717) is 24.9 Å². The van der Waals surface area contributed by atoms with Crippen molar-refractivity contribution < 1.29 is 18.4 Å². The molecular weight excluding hydrogens is 1060 g/mol. The molecule has 10 aromatic rings. The lowest BCUT2D eigenvalue weighted by Crippen LogP contribution is -2.10. The molecule has 0 amide bonds. The molecule has 0 fully saturated rings. The lowest BCUT2D eigenvalue weighted by Gasteiger charge is -2.27. The van der Waals surface area contributed by atoms with Gasteiger partial charge in [0.05, 0.1) is 30.8 Å². The molecule has 0 bridgehead atoms. The minimum Gasteiger partial charge on any atom is -0.310 e. The average molecular weight is 1120 g/mol. The first-order valence-electron chi connectivity index (χ1n) is 24.1. The zero-order chi connectivity index (χ0) is 50.8. The Morgan fingerprint density at radius 2 is 0.770 bits per heavy atom. The fourth-order valence-electron chi connectivity index (χ4n) is 8.35. The molecule has 10 rings (SSSR count). The smallest absolute Gasteiger partial charge is 0.310 e. The molecule has 372 valence electrons. The second-order valence-electron chi connectivity index (χ2n) is 16.8. The molecule has 0 aromatic heterocycles. The molecule has 10 aromatic carbocycles. The Balaban J connectivity index is 0.000000170. The van der Waals surface area contributed by atoms with Crippen molar-refractivity contribution in [1.82, 2.24) is 0 Å². The quantitative estimate of drug-likeness (QED) is 0.0579. The summed E-state index contributed by atoms with van der Waals surface area (Å²) in [6, 6.07) is 82.9. The molecule has 0 atom stereocenters. The second kappa shape index (κ2) is 27.2. The minimum atomic E-state index is -2.97. The molecule has 0 aliphatic carbocycles. The minimum absolute atomic E-state index is 0. The first-order chi connectivity index (χ1) is 35.7. The van der Waals surface area contributed by atoms with Crippen LogP contribution in [0.3, 0.4) is 0 Å². The van der Waals surface area contributed by atoms with E-state index < -0.39 is 7.60 Å². The normalized spacial score (nSPS) is 10.9. The number of nitrogens with zero attached hydrogens (tertiary/aromatic N) is 2. The van der Waals surface area contributed by atoms with Crippen LogP contribution in [0, 0.1) is 0 Å². The molecule has 0 saturated heterocycles. The summed E-state index contributed by atoms with van der Waals surface area (Å²) in [4.78, 5) is 15.5. The highest BCUT2D eigenvalue weighted by Gasteiger charge is 2.24. The number of halogens is 2. The van der Waals surface area contributed by atoms with Gasteiger partial charge in [-0.25, -0.2) is 0 Å². The number of fused-ring (bicyclic) bond motifs is 2. The number of carbonyl (C=O) groups excluding carboxylic acids is 1. The van der Waals surface area contributed by atoms with Crippen LogP contribution in [-0.4, -0.2) is 19.5 Å². The lowest BCUT2D eigenvalue weighted by atomic mass is 10.1. The van der Waals surface area contributed by atoms with Gasteiger partial charge in [-0.1, -0.05) is 197 Å². The maximum atomic E-state index is 12.2. The molecule has 74 heavy (non-hydrogen) atoms. The third-order valence-corrected chi connectivity index (χ3v) is 14.9. The molecule has 0 aliphatic heterocycles. The Labute approximate surface area is 453 Å². The van der Waals surface area contributed by atoms with Crippen molar-refractivity contribution in [2.24, 2.45) is 0 Å². The summed E-state index contributed by atoms with van der Waals surface area (Å²) in [7, 11) is -2.97. The summed E-state index contributed by atoms with van der Waals surface area (Å²) >= 11 is 6.84. The number of hydrogen-bond acceptors (Lipinski definition) is 6. The monoisotopic (exact) mass is 1120 g/mol. The number of carbonyl (C=O) groups is 1. The number of para-hydroxylation sites is 2. The van der Waals surface area contributed by atoms with Crippen molar-refractivity contribution in [3.05, 3.63) is 274 Å². The van der Waals surface area contributed by atoms with Crippen molar-refractivity contribution in [3.63, 3.8) is 0 Å². The number of hydrogen-bond donors (Lipinski definition) is 0. The first kappa shape index (κ1) is 54.6. The van der Waals surface area contributed by atoms with Crippen LogP contribution in [-0.2, 0) is 19.8 Å². The van der Waals surface area contributed by atoms with Gasteiger partial charge in [0.1, 0.15) is 6.29 Å². The summed E-state index contributed by atoms with van der Waals surface area (Å²) in [6.45, 7) is 4.42. The summed E-state index contributed by atoms with van der Waals surface area (Å²) < 4.78 is 24.8. The Bertz CT molecular complexity index is 3390. The summed E-state index contributed by atoms with van der Waals surface area (Å²) in [5.41, 5.74) is 10.6. The van der Waals surface area contributed by atoms with Crippen molar-refractivity contribution in [3.8, 4) is 0 Å². The molecule has 0 spiro atoms. The van der Waals surface area contributed by atoms with Gasteiger partial charge in [0.25, 0.3) is 0 Å². The van der Waals surface area contributed by atoms with E-state index in [4.69, 9.17) is 9.05 Å². The highest BCUT2D eigenvalue weighted by molar-refractivity contribution is 9.10. The van der Waals surface area contributed by atoms with Gasteiger partial charge in [-0.3, -0.25) is 9.36 Å². The van der Waals surface area contributed by atoms with E-state index in [0.717, 1.165) is 49.2 Å². The molecule has 0 saturated carbocycles. The number of aldehydes is 1. The van der Waals surface area contributed by atoms with Gasteiger partial charge in [0.2, 0.25) is 0 Å². The van der Waals surface area contributed by atoms with E-state index in [1.807, 2.05) is 80.6 Å². The predicted molar refractivity (Wildman–Crippen MR) is 321 cm³/mol. The molecule has 0 radical (unpaired) electrons. The second-order valence-corrected chi connectivity index (χ2v) is 20.6. The Kier molecular flexibility index (Phi) is 20.1. The fraction of sp³-hybridized carbons (Fsp3) is 0.0923. The van der Waals surface area contributed by atoms with Crippen LogP contribution < -0.4 is 9.80 Å². The van der Waals surface area contributed by atoms with Crippen LogP contribution in [0.5, 0.6) is 0 Å². The third-order valence-electron chi connectivity index (χ3n) is 11.8. The standard InChI is InChI=1S/C30H22BrN.C23H17NO.C11H16BrO3P.CH4/c31-26-19-15-23(16-20-26)13-14-24-17-21-28(22-18-24)32(27-9-2-1-3-10-27)30-12-6-8-25-7-4-5-11-29(25)30;25-17-18-13-15-21(16-14-18)24(20-9-2-1-3-10-20)23-12-6-8-19-7-4-5-11-22(19)23;1-3-14-16(13,15-4-2)9-10-5-7-11(12)8-6-10;/h1-22H;1-17H;5-8H,3-4,9H2,1-2H3;1H4/b14-13+;;;. The highest BCUT2D eigenvalue weighted by atomic mass is 79.9. The van der Waals surface area contributed by atoms with Crippen LogP contribution in [0.15, 0.2) is 252 Å². The van der Waals surface area contributed by atoms with Crippen LogP contribution in [0.4, 0.5) is 34.1 Å². The van der Waals surface area contributed by atoms with Gasteiger partial charge >= 0.3 is 7.60 Å². The van der Waals surface area contributed by atoms with Crippen molar-refractivity contribution in [1.29, 1.82) is 0 Å².